The molecule has 0 radical (unpaired) electrons. The molecule has 144 valence electrons. The van der Waals surface area contributed by atoms with Crippen LogP contribution in [0.1, 0.15) is 41.8 Å². The first-order chi connectivity index (χ1) is 11.8. The van der Waals surface area contributed by atoms with E-state index in [4.69, 9.17) is 19.4 Å². The molecule has 1 aromatic heterocycles. The number of halogens is 2. The molecule has 1 aliphatic heterocycles. The summed E-state index contributed by atoms with van der Waals surface area (Å²) in [5.41, 5.74) is 8.29. The molecule has 0 saturated carbocycles. The molecule has 0 N–H and O–H groups in total. The Kier molecular flexibility index (Phi) is 9.62. The zero-order valence-corrected chi connectivity index (χ0v) is 20.3. The molecule has 0 spiro atoms. The molecular weight excluding hydrogens is 470 g/mol. The molecule has 0 saturated heterocycles. The van der Waals surface area contributed by atoms with Crippen LogP contribution < -0.4 is 4.90 Å². The van der Waals surface area contributed by atoms with Crippen molar-refractivity contribution in [2.24, 2.45) is 0 Å². The molecule has 2 heterocycles. The summed E-state index contributed by atoms with van der Waals surface area (Å²) in [6.07, 6.45) is 1.08. The van der Waals surface area contributed by atoms with Crippen molar-refractivity contribution in [3.63, 3.8) is 0 Å². The molecule has 3 rings (SSSR count). The molecule has 0 fully saturated rings. The summed E-state index contributed by atoms with van der Waals surface area (Å²) in [7, 11) is 11.3. The Balaban J connectivity index is 0.000000290. The van der Waals surface area contributed by atoms with Crippen LogP contribution in [0.2, 0.25) is 0 Å². The van der Waals surface area contributed by atoms with Crippen LogP contribution in [0.15, 0.2) is 40.9 Å². The fraction of sp³-hybridized carbons (Fsp3) is 0.286. The van der Waals surface area contributed by atoms with Gasteiger partial charge in [0, 0.05) is 0 Å². The van der Waals surface area contributed by atoms with Crippen molar-refractivity contribution in [3.8, 4) is 0 Å². The standard InChI is InChI=1S/C15H20N.C5H4S.CH3.2ClH.Ru/c1-10-8-12(3)15(13(4)9-10)16-7-6-11(2)14(16)5;1-5-3-2-4-6-5;;;;/h7-9H,6H2,1-5H3;1-4H;1H3;2*1H;/q+1;;-1;;;+2/p-2. The minimum atomic E-state index is -1.57. The summed E-state index contributed by atoms with van der Waals surface area (Å²) in [5, 5.41) is 2.01. The van der Waals surface area contributed by atoms with Gasteiger partial charge in [-0.3, -0.25) is 0 Å². The molecular formula is C21H27Cl2NRuS. The molecule has 0 aliphatic carbocycles. The SMILES string of the molecule is CC1=C(C)N(c2c(C)cc(C)cc2C)[CH+]C1.[CH3-].[Cl][Ru]([Cl])=[CH]c1cccs1. The van der Waals surface area contributed by atoms with Crippen LogP contribution in [0.3, 0.4) is 0 Å². The third-order valence-electron chi connectivity index (χ3n) is 4.16. The second-order valence-corrected chi connectivity index (χ2v) is 12.9. The van der Waals surface area contributed by atoms with E-state index in [9.17, 15) is 0 Å². The van der Waals surface area contributed by atoms with Crippen molar-refractivity contribution in [1.82, 2.24) is 0 Å². The molecule has 0 bridgehead atoms. The fourth-order valence-electron chi connectivity index (χ4n) is 2.96. The Morgan fingerprint density at radius 2 is 1.73 bits per heavy atom. The summed E-state index contributed by atoms with van der Waals surface area (Å²) in [6, 6.07) is 8.52. The second-order valence-electron chi connectivity index (χ2n) is 6.19. The first-order valence-electron chi connectivity index (χ1n) is 8.03. The van der Waals surface area contributed by atoms with Gasteiger partial charge in [0.2, 0.25) is 0 Å². The number of hydrogen-bond acceptors (Lipinski definition) is 2. The molecule has 0 amide bonds. The van der Waals surface area contributed by atoms with E-state index in [0.29, 0.717) is 0 Å². The van der Waals surface area contributed by atoms with Gasteiger partial charge in [-0.05, 0) is 51.3 Å². The van der Waals surface area contributed by atoms with E-state index < -0.39 is 13.5 Å². The van der Waals surface area contributed by atoms with E-state index in [1.165, 1.54) is 38.5 Å². The van der Waals surface area contributed by atoms with Gasteiger partial charge >= 0.3 is 71.2 Å². The number of benzene rings is 1. The van der Waals surface area contributed by atoms with Gasteiger partial charge in [-0.15, -0.1) is 0 Å². The van der Waals surface area contributed by atoms with Crippen LogP contribution in [-0.2, 0) is 13.5 Å². The van der Waals surface area contributed by atoms with Crippen molar-refractivity contribution in [2.75, 3.05) is 4.90 Å². The fourth-order valence-corrected chi connectivity index (χ4v) is 6.39. The average Bonchev–Trinajstić information content (AvgIpc) is 3.11. The maximum atomic E-state index is 5.63. The summed E-state index contributed by atoms with van der Waals surface area (Å²) in [4.78, 5) is 3.53. The van der Waals surface area contributed by atoms with E-state index in [2.05, 4.69) is 58.2 Å². The molecule has 1 nitrogen and oxygen atoms in total. The van der Waals surface area contributed by atoms with Crippen LogP contribution in [-0.4, -0.2) is 4.61 Å². The molecule has 0 atom stereocenters. The number of thiophene rings is 1. The monoisotopic (exact) mass is 497 g/mol. The number of anilines is 1. The third kappa shape index (κ3) is 6.24. The van der Waals surface area contributed by atoms with Crippen molar-refractivity contribution in [1.29, 1.82) is 0 Å². The predicted octanol–water partition coefficient (Wildman–Crippen LogP) is 7.55. The number of nitrogens with zero attached hydrogens (tertiary/aromatic N) is 1. The van der Waals surface area contributed by atoms with Crippen LogP contribution in [0.25, 0.3) is 0 Å². The number of aryl methyl sites for hydroxylation is 3. The summed E-state index contributed by atoms with van der Waals surface area (Å²) in [5.74, 6) is 0. The average molecular weight is 497 g/mol. The molecule has 1 aromatic carbocycles. The van der Waals surface area contributed by atoms with E-state index in [1.54, 1.807) is 11.3 Å². The Hall–Kier alpha value is -0.597. The van der Waals surface area contributed by atoms with Gasteiger partial charge in [0.25, 0.3) is 0 Å². The minimum absolute atomic E-state index is 0. The van der Waals surface area contributed by atoms with Crippen LogP contribution in [0.5, 0.6) is 0 Å². The quantitative estimate of drug-likeness (QED) is 0.306. The van der Waals surface area contributed by atoms with Gasteiger partial charge < -0.3 is 7.43 Å². The summed E-state index contributed by atoms with van der Waals surface area (Å²) < 4.78 is 1.94. The summed E-state index contributed by atoms with van der Waals surface area (Å²) in [6.45, 7) is 13.3. The third-order valence-corrected chi connectivity index (χ3v) is 7.14. The molecule has 0 unspecified atom stereocenters. The van der Waals surface area contributed by atoms with Crippen molar-refractivity contribution >= 4 is 41.0 Å². The number of allylic oxidation sites excluding steroid dienone is 1. The zero-order valence-electron chi connectivity index (χ0n) is 16.2. The van der Waals surface area contributed by atoms with Crippen LogP contribution in [0, 0.1) is 34.7 Å². The predicted molar refractivity (Wildman–Crippen MR) is 118 cm³/mol. The van der Waals surface area contributed by atoms with Crippen molar-refractivity contribution in [3.05, 3.63) is 76.5 Å². The molecule has 26 heavy (non-hydrogen) atoms. The van der Waals surface area contributed by atoms with E-state index >= 15 is 0 Å². The number of rotatable bonds is 2. The Morgan fingerprint density at radius 1 is 1.12 bits per heavy atom. The first kappa shape index (κ1) is 23.4. The van der Waals surface area contributed by atoms with Gasteiger partial charge in [-0.2, -0.15) is 4.90 Å². The maximum absolute atomic E-state index is 5.63. The van der Waals surface area contributed by atoms with Gasteiger partial charge in [-0.1, -0.05) is 17.7 Å². The Bertz CT molecular complexity index is 767. The summed E-state index contributed by atoms with van der Waals surface area (Å²) >= 11 is 0.0926. The van der Waals surface area contributed by atoms with E-state index in [-0.39, 0.29) is 7.43 Å². The van der Waals surface area contributed by atoms with Crippen molar-refractivity contribution < 1.29 is 13.5 Å². The van der Waals surface area contributed by atoms with Crippen molar-refractivity contribution in [2.45, 2.75) is 41.0 Å². The second kappa shape index (κ2) is 10.7. The Labute approximate surface area is 176 Å². The van der Waals surface area contributed by atoms with E-state index in [1.807, 2.05) is 22.1 Å². The van der Waals surface area contributed by atoms with Crippen LogP contribution in [0.4, 0.5) is 5.69 Å². The normalized spacial score (nSPS) is 13.5. The van der Waals surface area contributed by atoms with E-state index in [0.717, 1.165) is 6.42 Å². The van der Waals surface area contributed by atoms with Crippen LogP contribution >= 0.6 is 30.7 Å². The Morgan fingerprint density at radius 3 is 2.15 bits per heavy atom. The first-order valence-corrected chi connectivity index (χ1v) is 14.4. The zero-order chi connectivity index (χ0) is 18.6. The topological polar surface area (TPSA) is 3.24 Å². The molecule has 2 aromatic rings. The number of hydrogen-bond donors (Lipinski definition) is 0. The van der Waals surface area contributed by atoms with Gasteiger partial charge in [0.15, 0.2) is 6.54 Å². The van der Waals surface area contributed by atoms with Gasteiger partial charge in [0.05, 0.1) is 11.4 Å². The molecule has 5 heteroatoms. The van der Waals surface area contributed by atoms with Gasteiger partial charge in [0.1, 0.15) is 6.42 Å². The molecule has 1 aliphatic rings. The van der Waals surface area contributed by atoms with Gasteiger partial charge in [-0.25, -0.2) is 0 Å².